The van der Waals surface area contributed by atoms with Gasteiger partial charge in [-0.15, -0.1) is 0 Å². The van der Waals surface area contributed by atoms with Crippen molar-refractivity contribution in [2.45, 2.75) is 6.54 Å². The van der Waals surface area contributed by atoms with Gasteiger partial charge in [0.25, 0.3) is 0 Å². The van der Waals surface area contributed by atoms with E-state index in [4.69, 9.17) is 9.47 Å². The molecule has 18 heavy (non-hydrogen) atoms. The first-order valence-corrected chi connectivity index (χ1v) is 6.00. The summed E-state index contributed by atoms with van der Waals surface area (Å²) in [6.45, 7) is 3.67. The maximum absolute atomic E-state index is 13.6. The Hall–Kier alpha value is -1.17. The quantitative estimate of drug-likeness (QED) is 0.651. The van der Waals surface area contributed by atoms with Crippen LogP contribution in [0.5, 0.6) is 5.75 Å². The van der Waals surface area contributed by atoms with E-state index in [0.29, 0.717) is 24.5 Å². The van der Waals surface area contributed by atoms with E-state index in [0.717, 1.165) is 19.6 Å². The number of halogens is 1. The third-order valence-corrected chi connectivity index (χ3v) is 2.54. The molecule has 0 amide bonds. The zero-order valence-electron chi connectivity index (χ0n) is 11.0. The van der Waals surface area contributed by atoms with Gasteiger partial charge in [0.15, 0.2) is 0 Å². The molecule has 0 unspecified atom stereocenters. The van der Waals surface area contributed by atoms with E-state index >= 15 is 0 Å². The zero-order chi connectivity index (χ0) is 13.2. The van der Waals surface area contributed by atoms with Gasteiger partial charge < -0.3 is 20.1 Å². The van der Waals surface area contributed by atoms with Crippen molar-refractivity contribution in [2.24, 2.45) is 0 Å². The number of nitrogens with one attached hydrogen (secondary N) is 2. The van der Waals surface area contributed by atoms with E-state index in [-0.39, 0.29) is 5.82 Å². The molecule has 0 radical (unpaired) electrons. The number of methoxy groups -OCH3 is 2. The zero-order valence-corrected chi connectivity index (χ0v) is 11.0. The van der Waals surface area contributed by atoms with Gasteiger partial charge in [0.05, 0.1) is 13.7 Å². The SMILES string of the molecule is COCCNCCNCc1ccc(OC)cc1F. The van der Waals surface area contributed by atoms with Crippen LogP contribution < -0.4 is 15.4 Å². The minimum Gasteiger partial charge on any atom is -0.497 e. The van der Waals surface area contributed by atoms with Crippen molar-refractivity contribution in [3.05, 3.63) is 29.6 Å². The largest absolute Gasteiger partial charge is 0.497 e. The standard InChI is InChI=1S/C13H21FN2O2/c1-17-8-7-15-5-6-16-10-11-3-4-12(18-2)9-13(11)14/h3-4,9,15-16H,5-8,10H2,1-2H3. The molecule has 0 atom stereocenters. The van der Waals surface area contributed by atoms with Gasteiger partial charge in [-0.2, -0.15) is 0 Å². The summed E-state index contributed by atoms with van der Waals surface area (Å²) in [5, 5.41) is 6.38. The second kappa shape index (κ2) is 8.85. The predicted molar refractivity (Wildman–Crippen MR) is 69.4 cm³/mol. The summed E-state index contributed by atoms with van der Waals surface area (Å²) < 4.78 is 23.4. The summed E-state index contributed by atoms with van der Waals surface area (Å²) in [5.41, 5.74) is 0.646. The van der Waals surface area contributed by atoms with Crippen LogP contribution in [0.4, 0.5) is 4.39 Å². The first-order chi connectivity index (χ1) is 8.77. The molecular weight excluding hydrogens is 235 g/mol. The fraction of sp³-hybridized carbons (Fsp3) is 0.538. The molecular formula is C13H21FN2O2. The van der Waals surface area contributed by atoms with Crippen LogP contribution >= 0.6 is 0 Å². The van der Waals surface area contributed by atoms with E-state index in [1.54, 1.807) is 19.2 Å². The van der Waals surface area contributed by atoms with Crippen molar-refractivity contribution < 1.29 is 13.9 Å². The molecule has 0 bridgehead atoms. The Bertz CT molecular complexity index is 348. The average Bonchev–Trinajstić information content (AvgIpc) is 2.39. The topological polar surface area (TPSA) is 42.5 Å². The highest BCUT2D eigenvalue weighted by atomic mass is 19.1. The lowest BCUT2D eigenvalue weighted by Crippen LogP contribution is -2.29. The Morgan fingerprint density at radius 2 is 1.89 bits per heavy atom. The van der Waals surface area contributed by atoms with Crippen LogP contribution in [-0.4, -0.2) is 40.5 Å². The molecule has 102 valence electrons. The normalized spacial score (nSPS) is 10.6. The average molecular weight is 256 g/mol. The van der Waals surface area contributed by atoms with Crippen molar-refractivity contribution in [1.29, 1.82) is 0 Å². The lowest BCUT2D eigenvalue weighted by Gasteiger charge is -2.08. The molecule has 5 heteroatoms. The van der Waals surface area contributed by atoms with E-state index in [9.17, 15) is 4.39 Å². The second-order valence-corrected chi connectivity index (χ2v) is 3.88. The fourth-order valence-electron chi connectivity index (χ4n) is 1.50. The molecule has 1 rings (SSSR count). The van der Waals surface area contributed by atoms with Crippen molar-refractivity contribution in [3.8, 4) is 5.75 Å². The van der Waals surface area contributed by atoms with Gasteiger partial charge in [-0.05, 0) is 6.07 Å². The van der Waals surface area contributed by atoms with Crippen LogP contribution in [0.2, 0.25) is 0 Å². The summed E-state index contributed by atoms with van der Waals surface area (Å²) in [6, 6.07) is 4.89. The first-order valence-electron chi connectivity index (χ1n) is 6.00. The molecule has 0 aliphatic heterocycles. The molecule has 0 aliphatic rings. The number of ether oxygens (including phenoxy) is 2. The predicted octanol–water partition coefficient (Wildman–Crippen LogP) is 1.16. The van der Waals surface area contributed by atoms with Crippen molar-refractivity contribution in [2.75, 3.05) is 40.5 Å². The Kier molecular flexibility index (Phi) is 7.32. The highest BCUT2D eigenvalue weighted by molar-refractivity contribution is 5.28. The third kappa shape index (κ3) is 5.44. The molecule has 1 aromatic carbocycles. The molecule has 0 aromatic heterocycles. The van der Waals surface area contributed by atoms with Crippen LogP contribution in [0.1, 0.15) is 5.56 Å². The van der Waals surface area contributed by atoms with Gasteiger partial charge >= 0.3 is 0 Å². The molecule has 1 aromatic rings. The molecule has 0 saturated carbocycles. The third-order valence-electron chi connectivity index (χ3n) is 2.54. The van der Waals surface area contributed by atoms with Gasteiger partial charge in [0.2, 0.25) is 0 Å². The van der Waals surface area contributed by atoms with Crippen LogP contribution in [0.15, 0.2) is 18.2 Å². The number of benzene rings is 1. The maximum atomic E-state index is 13.6. The first kappa shape index (κ1) is 14.9. The van der Waals surface area contributed by atoms with E-state index in [1.807, 2.05) is 0 Å². The smallest absolute Gasteiger partial charge is 0.131 e. The second-order valence-electron chi connectivity index (χ2n) is 3.88. The van der Waals surface area contributed by atoms with Gasteiger partial charge in [0, 0.05) is 44.9 Å². The van der Waals surface area contributed by atoms with Crippen LogP contribution in [0.3, 0.4) is 0 Å². The Morgan fingerprint density at radius 3 is 2.56 bits per heavy atom. The summed E-state index contributed by atoms with van der Waals surface area (Å²) in [6.07, 6.45) is 0. The lowest BCUT2D eigenvalue weighted by atomic mass is 10.2. The highest BCUT2D eigenvalue weighted by Gasteiger charge is 2.03. The van der Waals surface area contributed by atoms with E-state index in [2.05, 4.69) is 10.6 Å². The lowest BCUT2D eigenvalue weighted by molar-refractivity contribution is 0.199. The van der Waals surface area contributed by atoms with Gasteiger partial charge in [-0.3, -0.25) is 0 Å². The Morgan fingerprint density at radius 1 is 1.11 bits per heavy atom. The Balaban J connectivity index is 2.19. The molecule has 2 N–H and O–H groups in total. The molecule has 0 heterocycles. The van der Waals surface area contributed by atoms with Gasteiger partial charge in [-0.25, -0.2) is 4.39 Å². The van der Waals surface area contributed by atoms with Gasteiger partial charge in [-0.1, -0.05) is 6.07 Å². The summed E-state index contributed by atoms with van der Waals surface area (Å²) in [7, 11) is 3.20. The molecule has 0 spiro atoms. The molecule has 0 saturated heterocycles. The minimum absolute atomic E-state index is 0.241. The van der Waals surface area contributed by atoms with Crippen LogP contribution in [0.25, 0.3) is 0 Å². The summed E-state index contributed by atoms with van der Waals surface area (Å²) in [5.74, 6) is 0.298. The summed E-state index contributed by atoms with van der Waals surface area (Å²) in [4.78, 5) is 0. The van der Waals surface area contributed by atoms with Crippen molar-refractivity contribution in [3.63, 3.8) is 0 Å². The fourth-order valence-corrected chi connectivity index (χ4v) is 1.50. The van der Waals surface area contributed by atoms with Gasteiger partial charge in [0.1, 0.15) is 11.6 Å². The number of rotatable bonds is 9. The van der Waals surface area contributed by atoms with E-state index in [1.165, 1.54) is 13.2 Å². The molecule has 0 aliphatic carbocycles. The number of hydrogen-bond acceptors (Lipinski definition) is 4. The minimum atomic E-state index is -0.241. The van der Waals surface area contributed by atoms with Crippen LogP contribution in [-0.2, 0) is 11.3 Å². The molecule has 0 fully saturated rings. The molecule has 4 nitrogen and oxygen atoms in total. The van der Waals surface area contributed by atoms with Crippen LogP contribution in [0, 0.1) is 5.82 Å². The summed E-state index contributed by atoms with van der Waals surface area (Å²) >= 11 is 0. The van der Waals surface area contributed by atoms with E-state index < -0.39 is 0 Å². The van der Waals surface area contributed by atoms with Crippen molar-refractivity contribution >= 4 is 0 Å². The monoisotopic (exact) mass is 256 g/mol. The Labute approximate surface area is 107 Å². The van der Waals surface area contributed by atoms with Crippen molar-refractivity contribution in [1.82, 2.24) is 10.6 Å². The maximum Gasteiger partial charge on any atom is 0.131 e. The number of hydrogen-bond donors (Lipinski definition) is 2. The highest BCUT2D eigenvalue weighted by Crippen LogP contribution is 2.15.